The van der Waals surface area contributed by atoms with Gasteiger partial charge in [0.2, 0.25) is 0 Å². The van der Waals surface area contributed by atoms with Gasteiger partial charge in [-0.25, -0.2) is 18.4 Å². The van der Waals surface area contributed by atoms with Gasteiger partial charge in [0, 0.05) is 28.0 Å². The first-order valence-corrected chi connectivity index (χ1v) is 12.5. The minimum Gasteiger partial charge on any atom is -0.385 e. The second kappa shape index (κ2) is 10.7. The van der Waals surface area contributed by atoms with E-state index in [-0.39, 0.29) is 35.8 Å². The molecule has 0 spiro atoms. The van der Waals surface area contributed by atoms with Crippen molar-refractivity contribution in [3.05, 3.63) is 69.2 Å². The number of carbonyl (C=O) groups is 2. The largest absolute Gasteiger partial charge is 0.491 e. The monoisotopic (exact) mass is 590 g/mol. The van der Waals surface area contributed by atoms with Gasteiger partial charge in [0.05, 0.1) is 24.3 Å². The number of hydrogen-bond acceptors (Lipinski definition) is 6. The molecule has 0 saturated carbocycles. The van der Waals surface area contributed by atoms with Gasteiger partial charge in [0.1, 0.15) is 23.1 Å². The Morgan fingerprint density at radius 2 is 1.90 bits per heavy atom. The lowest BCUT2D eigenvalue weighted by Crippen LogP contribution is -2.51. The molecule has 2 heterocycles. The summed E-state index contributed by atoms with van der Waals surface area (Å²) in [5, 5.41) is 13.1. The summed E-state index contributed by atoms with van der Waals surface area (Å²) in [6.07, 6.45) is -4.86. The molecule has 2 aromatic carbocycles. The maximum absolute atomic E-state index is 15.6. The van der Waals surface area contributed by atoms with Gasteiger partial charge >= 0.3 is 18.1 Å². The van der Waals surface area contributed by atoms with E-state index in [0.717, 1.165) is 6.07 Å². The second-order valence-corrected chi connectivity index (χ2v) is 10.5. The number of nitrogens with zero attached hydrogens (tertiary/aromatic N) is 1. The molecular formula is C26H21Cl2F5N2O4. The van der Waals surface area contributed by atoms with Crippen LogP contribution in [0.2, 0.25) is 10.0 Å². The topological polar surface area (TPSA) is 88.4 Å². The fourth-order valence-electron chi connectivity index (χ4n) is 5.42. The summed E-state index contributed by atoms with van der Waals surface area (Å²) < 4.78 is 79.4. The van der Waals surface area contributed by atoms with E-state index in [0.29, 0.717) is 6.42 Å². The van der Waals surface area contributed by atoms with Crippen molar-refractivity contribution >= 4 is 35.1 Å². The summed E-state index contributed by atoms with van der Waals surface area (Å²) >= 11 is 11.9. The van der Waals surface area contributed by atoms with Gasteiger partial charge in [0.15, 0.2) is 0 Å². The minimum absolute atomic E-state index is 0.0125. The minimum atomic E-state index is -5.51. The molecule has 0 bridgehead atoms. The Morgan fingerprint density at radius 3 is 2.44 bits per heavy atom. The number of esters is 2. The van der Waals surface area contributed by atoms with Gasteiger partial charge in [-0.1, -0.05) is 48.3 Å². The Balaban J connectivity index is 1.97. The van der Waals surface area contributed by atoms with Gasteiger partial charge in [-0.05, 0) is 36.6 Å². The molecule has 0 amide bonds. The Hall–Kier alpha value is -2.78. The number of carbonyl (C=O) groups excluding carboxylic acids is 2. The Bertz CT molecular complexity index is 1340. The SMILES string of the molecule is CCC1(C[C@@H]2N[C@@H](C(=O)OC(=O)C(F)(F)F)[C@H](c3cccc(Cl)c3F)[C@@]2(C#N)c2ccc(Cl)cc2F)COC1. The number of halogens is 7. The van der Waals surface area contributed by atoms with Crippen molar-refractivity contribution in [2.24, 2.45) is 5.41 Å². The van der Waals surface area contributed by atoms with Crippen LogP contribution in [0.5, 0.6) is 0 Å². The van der Waals surface area contributed by atoms with Crippen LogP contribution >= 0.6 is 23.2 Å². The van der Waals surface area contributed by atoms with Gasteiger partial charge in [-0.15, -0.1) is 0 Å². The number of rotatable bonds is 6. The Kier molecular flexibility index (Phi) is 7.98. The lowest BCUT2D eigenvalue weighted by molar-refractivity contribution is -0.202. The summed E-state index contributed by atoms with van der Waals surface area (Å²) in [4.78, 5) is 24.7. The van der Waals surface area contributed by atoms with E-state index in [4.69, 9.17) is 27.9 Å². The molecule has 0 unspecified atom stereocenters. The van der Waals surface area contributed by atoms with E-state index in [2.05, 4.69) is 16.1 Å². The first kappa shape index (κ1) is 29.2. The summed E-state index contributed by atoms with van der Waals surface area (Å²) in [6, 6.07) is 6.15. The molecule has 2 aliphatic heterocycles. The standard InChI is InChI=1S/C26H21Cl2F5N2O4/c1-2-24(11-38-12-24)9-18-25(10-34,15-7-6-13(27)8-17(15)29)19(14-4-3-5-16(28)20(14)30)21(35-18)22(36)39-23(37)26(31,32)33/h3-8,18-19,21,35H,2,9,11-12H2,1H3/t18-,19-,21+,25-/m0/s1. The summed E-state index contributed by atoms with van der Waals surface area (Å²) in [6.45, 7) is 2.39. The second-order valence-electron chi connectivity index (χ2n) is 9.68. The van der Waals surface area contributed by atoms with Crippen molar-refractivity contribution in [3.8, 4) is 6.07 Å². The molecule has 0 aliphatic carbocycles. The predicted octanol–water partition coefficient (Wildman–Crippen LogP) is 5.61. The fourth-order valence-corrected chi connectivity index (χ4v) is 5.76. The zero-order valence-electron chi connectivity index (χ0n) is 20.3. The molecule has 6 nitrogen and oxygen atoms in total. The van der Waals surface area contributed by atoms with Crippen LogP contribution in [0.25, 0.3) is 0 Å². The van der Waals surface area contributed by atoms with Crippen molar-refractivity contribution in [2.45, 2.75) is 49.4 Å². The zero-order chi connectivity index (χ0) is 28.8. The van der Waals surface area contributed by atoms with E-state index >= 15 is 8.78 Å². The van der Waals surface area contributed by atoms with Crippen molar-refractivity contribution in [3.63, 3.8) is 0 Å². The maximum Gasteiger partial charge on any atom is 0.491 e. The highest BCUT2D eigenvalue weighted by molar-refractivity contribution is 6.31. The van der Waals surface area contributed by atoms with Crippen LogP contribution in [0.1, 0.15) is 36.8 Å². The highest BCUT2D eigenvalue weighted by atomic mass is 35.5. The van der Waals surface area contributed by atoms with Crippen molar-refractivity contribution in [1.29, 1.82) is 5.26 Å². The van der Waals surface area contributed by atoms with Crippen LogP contribution in [-0.4, -0.2) is 43.4 Å². The number of nitrogens with one attached hydrogen (secondary N) is 1. The van der Waals surface area contributed by atoms with Crippen molar-refractivity contribution in [1.82, 2.24) is 5.32 Å². The molecule has 2 aromatic rings. The summed E-state index contributed by atoms with van der Waals surface area (Å²) in [5.74, 6) is -8.21. The lowest BCUT2D eigenvalue weighted by atomic mass is 9.61. The van der Waals surface area contributed by atoms with E-state index in [1.807, 2.05) is 6.92 Å². The van der Waals surface area contributed by atoms with E-state index in [1.54, 1.807) is 0 Å². The van der Waals surface area contributed by atoms with Gasteiger partial charge in [-0.2, -0.15) is 18.4 Å². The average Bonchev–Trinajstić information content (AvgIpc) is 3.16. The molecule has 13 heteroatoms. The van der Waals surface area contributed by atoms with E-state index in [1.165, 1.54) is 30.3 Å². The summed E-state index contributed by atoms with van der Waals surface area (Å²) in [5.41, 5.74) is -3.26. The molecule has 4 rings (SSSR count). The smallest absolute Gasteiger partial charge is 0.385 e. The highest BCUT2D eigenvalue weighted by Crippen LogP contribution is 2.54. The Labute approximate surface area is 230 Å². The number of alkyl halides is 3. The van der Waals surface area contributed by atoms with Crippen LogP contribution in [0.4, 0.5) is 22.0 Å². The van der Waals surface area contributed by atoms with Crippen LogP contribution in [0, 0.1) is 28.4 Å². The normalized spacial score (nSPS) is 26.0. The molecule has 1 N–H and O–H groups in total. The lowest BCUT2D eigenvalue weighted by Gasteiger charge is -2.45. The molecule has 0 aromatic heterocycles. The molecule has 208 valence electrons. The third kappa shape index (κ3) is 5.11. The molecular weight excluding hydrogens is 570 g/mol. The van der Waals surface area contributed by atoms with Crippen molar-refractivity contribution < 1.29 is 41.0 Å². The number of ether oxygens (including phenoxy) is 2. The van der Waals surface area contributed by atoms with Crippen LogP contribution in [0.3, 0.4) is 0 Å². The van der Waals surface area contributed by atoms with E-state index < -0.39 is 63.6 Å². The Morgan fingerprint density at radius 1 is 1.21 bits per heavy atom. The highest BCUT2D eigenvalue weighted by Gasteiger charge is 2.63. The number of hydrogen-bond donors (Lipinski definition) is 1. The molecule has 2 aliphatic rings. The molecule has 39 heavy (non-hydrogen) atoms. The third-order valence-electron chi connectivity index (χ3n) is 7.51. The van der Waals surface area contributed by atoms with Gasteiger partial charge < -0.3 is 9.47 Å². The van der Waals surface area contributed by atoms with Crippen molar-refractivity contribution in [2.75, 3.05) is 13.2 Å². The summed E-state index contributed by atoms with van der Waals surface area (Å²) in [7, 11) is 0. The van der Waals surface area contributed by atoms with Crippen LogP contribution in [-0.2, 0) is 24.5 Å². The van der Waals surface area contributed by atoms with E-state index in [9.17, 15) is 28.0 Å². The zero-order valence-corrected chi connectivity index (χ0v) is 21.8. The number of nitriles is 1. The molecule has 0 radical (unpaired) electrons. The number of benzene rings is 2. The van der Waals surface area contributed by atoms with Crippen LogP contribution < -0.4 is 5.32 Å². The maximum atomic E-state index is 15.6. The molecule has 2 saturated heterocycles. The first-order valence-electron chi connectivity index (χ1n) is 11.8. The fraction of sp³-hybridized carbons (Fsp3) is 0.423. The molecule has 4 atom stereocenters. The quantitative estimate of drug-likeness (QED) is 0.267. The first-order chi connectivity index (χ1) is 18.3. The third-order valence-corrected chi connectivity index (χ3v) is 8.04. The average molecular weight is 591 g/mol. The molecule has 2 fully saturated rings. The predicted molar refractivity (Wildman–Crippen MR) is 129 cm³/mol. The van der Waals surface area contributed by atoms with Gasteiger partial charge in [0.25, 0.3) is 0 Å². The van der Waals surface area contributed by atoms with Gasteiger partial charge in [-0.3, -0.25) is 5.32 Å². The van der Waals surface area contributed by atoms with Crippen LogP contribution in [0.15, 0.2) is 36.4 Å².